The molecule has 1 amide bonds. The molecule has 25 heavy (non-hydrogen) atoms. The van der Waals surface area contributed by atoms with Crippen LogP contribution in [0, 0.1) is 0 Å². The van der Waals surface area contributed by atoms with Gasteiger partial charge < -0.3 is 20.5 Å². The highest BCUT2D eigenvalue weighted by Crippen LogP contribution is 2.24. The molecule has 0 aliphatic heterocycles. The SMILES string of the molecule is CSc1ccccc1NC(=O)COC(=O)c1ccccc1NCCO. The van der Waals surface area contributed by atoms with Crippen LogP contribution in [0.2, 0.25) is 0 Å². The van der Waals surface area contributed by atoms with Crippen molar-refractivity contribution in [2.75, 3.05) is 36.6 Å². The molecule has 0 aliphatic carbocycles. The molecule has 0 unspecified atom stereocenters. The van der Waals surface area contributed by atoms with Crippen molar-refractivity contribution >= 4 is 35.0 Å². The van der Waals surface area contributed by atoms with E-state index >= 15 is 0 Å². The van der Waals surface area contributed by atoms with E-state index in [2.05, 4.69) is 10.6 Å². The number of carbonyl (C=O) groups is 2. The second-order valence-corrected chi connectivity index (χ2v) is 5.87. The van der Waals surface area contributed by atoms with Gasteiger partial charge in [0.25, 0.3) is 5.91 Å². The Labute approximate surface area is 150 Å². The predicted molar refractivity (Wildman–Crippen MR) is 99.2 cm³/mol. The minimum Gasteiger partial charge on any atom is -0.452 e. The third kappa shape index (κ3) is 5.51. The second-order valence-electron chi connectivity index (χ2n) is 5.02. The molecule has 3 N–H and O–H groups in total. The summed E-state index contributed by atoms with van der Waals surface area (Å²) in [6, 6.07) is 14.2. The third-order valence-corrected chi connectivity index (χ3v) is 4.09. The van der Waals surface area contributed by atoms with Gasteiger partial charge in [-0.05, 0) is 30.5 Å². The fraction of sp³-hybridized carbons (Fsp3) is 0.222. The molecule has 0 radical (unpaired) electrons. The molecular formula is C18H20N2O4S. The molecule has 2 rings (SSSR count). The first-order chi connectivity index (χ1) is 12.2. The number of carbonyl (C=O) groups excluding carboxylic acids is 2. The lowest BCUT2D eigenvalue weighted by molar-refractivity contribution is -0.119. The van der Waals surface area contributed by atoms with E-state index in [-0.39, 0.29) is 13.2 Å². The molecular weight excluding hydrogens is 340 g/mol. The lowest BCUT2D eigenvalue weighted by Gasteiger charge is -2.12. The number of amides is 1. The van der Waals surface area contributed by atoms with Crippen LogP contribution in [-0.2, 0) is 9.53 Å². The van der Waals surface area contributed by atoms with Gasteiger partial charge in [-0.25, -0.2) is 4.79 Å². The van der Waals surface area contributed by atoms with E-state index < -0.39 is 11.9 Å². The van der Waals surface area contributed by atoms with Crippen LogP contribution in [0.25, 0.3) is 0 Å². The molecule has 0 aromatic heterocycles. The molecule has 2 aromatic rings. The van der Waals surface area contributed by atoms with Crippen molar-refractivity contribution in [1.29, 1.82) is 0 Å². The molecule has 0 aliphatic rings. The number of aliphatic hydroxyl groups excluding tert-OH is 1. The fourth-order valence-electron chi connectivity index (χ4n) is 2.15. The Morgan fingerprint density at radius 1 is 1.08 bits per heavy atom. The van der Waals surface area contributed by atoms with Crippen LogP contribution in [0.5, 0.6) is 0 Å². The normalized spacial score (nSPS) is 10.2. The van der Waals surface area contributed by atoms with Gasteiger partial charge in [0.05, 0.1) is 17.9 Å². The Hall–Kier alpha value is -2.51. The van der Waals surface area contributed by atoms with Gasteiger partial charge in [-0.2, -0.15) is 0 Å². The largest absolute Gasteiger partial charge is 0.452 e. The number of esters is 1. The summed E-state index contributed by atoms with van der Waals surface area (Å²) < 4.78 is 5.10. The van der Waals surface area contributed by atoms with Crippen molar-refractivity contribution in [3.63, 3.8) is 0 Å². The first-order valence-corrected chi connectivity index (χ1v) is 8.92. The van der Waals surface area contributed by atoms with Crippen molar-refractivity contribution in [2.24, 2.45) is 0 Å². The van der Waals surface area contributed by atoms with E-state index in [0.717, 1.165) is 4.90 Å². The molecule has 0 saturated heterocycles. The van der Waals surface area contributed by atoms with E-state index in [1.807, 2.05) is 24.5 Å². The molecule has 0 bridgehead atoms. The first-order valence-electron chi connectivity index (χ1n) is 7.69. The number of para-hydroxylation sites is 2. The lowest BCUT2D eigenvalue weighted by Crippen LogP contribution is -2.22. The topological polar surface area (TPSA) is 87.7 Å². The monoisotopic (exact) mass is 360 g/mol. The lowest BCUT2D eigenvalue weighted by atomic mass is 10.2. The highest BCUT2D eigenvalue weighted by molar-refractivity contribution is 7.98. The zero-order valence-electron chi connectivity index (χ0n) is 13.8. The number of anilines is 2. The molecule has 6 nitrogen and oxygen atoms in total. The zero-order valence-corrected chi connectivity index (χ0v) is 14.6. The van der Waals surface area contributed by atoms with Crippen LogP contribution >= 0.6 is 11.8 Å². The summed E-state index contributed by atoms with van der Waals surface area (Å²) in [6.45, 7) is -0.118. The summed E-state index contributed by atoms with van der Waals surface area (Å²) in [7, 11) is 0. The number of aliphatic hydroxyl groups is 1. The average Bonchev–Trinajstić information content (AvgIpc) is 2.65. The van der Waals surface area contributed by atoms with E-state index in [4.69, 9.17) is 9.84 Å². The van der Waals surface area contributed by atoms with Crippen LogP contribution in [0.4, 0.5) is 11.4 Å². The Morgan fingerprint density at radius 3 is 2.48 bits per heavy atom. The van der Waals surface area contributed by atoms with Crippen molar-refractivity contribution in [3.05, 3.63) is 54.1 Å². The van der Waals surface area contributed by atoms with Gasteiger partial charge in [0.1, 0.15) is 0 Å². The highest BCUT2D eigenvalue weighted by Gasteiger charge is 2.14. The minimum absolute atomic E-state index is 0.0549. The maximum atomic E-state index is 12.2. The maximum Gasteiger partial charge on any atom is 0.340 e. The Morgan fingerprint density at radius 2 is 1.76 bits per heavy atom. The standard InChI is InChI=1S/C18H20N2O4S/c1-25-16-9-5-4-8-15(16)20-17(22)12-24-18(23)13-6-2-3-7-14(13)19-10-11-21/h2-9,19,21H,10-12H2,1H3,(H,20,22). The van der Waals surface area contributed by atoms with Crippen molar-refractivity contribution in [2.45, 2.75) is 4.90 Å². The molecule has 7 heteroatoms. The number of nitrogens with one attached hydrogen (secondary N) is 2. The predicted octanol–water partition coefficient (Wildman–Crippen LogP) is 2.61. The summed E-state index contributed by atoms with van der Waals surface area (Å²) in [5.74, 6) is -1.01. The molecule has 132 valence electrons. The van der Waals surface area contributed by atoms with Crippen LogP contribution in [0.15, 0.2) is 53.4 Å². The maximum absolute atomic E-state index is 12.2. The van der Waals surface area contributed by atoms with Crippen molar-refractivity contribution in [3.8, 4) is 0 Å². The number of rotatable bonds is 8. The molecule has 2 aromatic carbocycles. The number of hydrogen-bond acceptors (Lipinski definition) is 6. The van der Waals surface area contributed by atoms with Gasteiger partial charge in [0.15, 0.2) is 6.61 Å². The van der Waals surface area contributed by atoms with Crippen LogP contribution < -0.4 is 10.6 Å². The smallest absolute Gasteiger partial charge is 0.340 e. The Bertz CT molecular complexity index is 737. The van der Waals surface area contributed by atoms with Crippen LogP contribution in [0.1, 0.15) is 10.4 Å². The number of benzene rings is 2. The molecule has 0 atom stereocenters. The summed E-state index contributed by atoms with van der Waals surface area (Å²) in [4.78, 5) is 25.2. The highest BCUT2D eigenvalue weighted by atomic mass is 32.2. The summed E-state index contributed by atoms with van der Waals surface area (Å²) in [5, 5.41) is 14.5. The number of hydrogen-bond donors (Lipinski definition) is 3. The number of thioether (sulfide) groups is 1. The van der Waals surface area contributed by atoms with Gasteiger partial charge >= 0.3 is 5.97 Å². The summed E-state index contributed by atoms with van der Waals surface area (Å²) in [6.07, 6.45) is 1.92. The Balaban J connectivity index is 1.94. The Kier molecular flexibility index (Phi) is 7.31. The van der Waals surface area contributed by atoms with E-state index in [0.29, 0.717) is 23.5 Å². The zero-order chi connectivity index (χ0) is 18.1. The quantitative estimate of drug-likeness (QED) is 0.495. The fourth-order valence-corrected chi connectivity index (χ4v) is 2.70. The molecule has 0 saturated carbocycles. The van der Waals surface area contributed by atoms with Gasteiger partial charge in [0.2, 0.25) is 0 Å². The summed E-state index contributed by atoms with van der Waals surface area (Å²) in [5.41, 5.74) is 1.55. The van der Waals surface area contributed by atoms with Gasteiger partial charge in [-0.1, -0.05) is 24.3 Å². The summed E-state index contributed by atoms with van der Waals surface area (Å²) >= 11 is 1.52. The minimum atomic E-state index is -0.602. The molecule has 0 fully saturated rings. The van der Waals surface area contributed by atoms with E-state index in [9.17, 15) is 9.59 Å². The van der Waals surface area contributed by atoms with Crippen molar-refractivity contribution in [1.82, 2.24) is 0 Å². The van der Waals surface area contributed by atoms with E-state index in [1.54, 1.807) is 30.3 Å². The van der Waals surface area contributed by atoms with Gasteiger partial charge in [-0.3, -0.25) is 4.79 Å². The van der Waals surface area contributed by atoms with Crippen LogP contribution in [0.3, 0.4) is 0 Å². The second kappa shape index (κ2) is 9.71. The first kappa shape index (κ1) is 18.8. The average molecular weight is 360 g/mol. The molecule has 0 spiro atoms. The van der Waals surface area contributed by atoms with Gasteiger partial charge in [0, 0.05) is 17.1 Å². The van der Waals surface area contributed by atoms with Crippen LogP contribution in [-0.4, -0.2) is 43.0 Å². The van der Waals surface area contributed by atoms with Gasteiger partial charge in [-0.15, -0.1) is 11.8 Å². The molecule has 0 heterocycles. The third-order valence-electron chi connectivity index (χ3n) is 3.29. The van der Waals surface area contributed by atoms with Crippen molar-refractivity contribution < 1.29 is 19.4 Å². The van der Waals surface area contributed by atoms with E-state index in [1.165, 1.54) is 11.8 Å². The number of ether oxygens (including phenoxy) is 1.